The summed E-state index contributed by atoms with van der Waals surface area (Å²) in [5, 5.41) is 6.28. The lowest BCUT2D eigenvalue weighted by molar-refractivity contribution is -0.143. The molecule has 4 aliphatic rings. The molecule has 8 heteroatoms. The van der Waals surface area contributed by atoms with Crippen molar-refractivity contribution in [2.45, 2.75) is 73.8 Å². The number of anilines is 1. The number of hydrogen-bond donors (Lipinski definition) is 2. The van der Waals surface area contributed by atoms with Crippen LogP contribution >= 0.6 is 11.8 Å². The number of fused-ring (bicyclic) bond motifs is 1. The third kappa shape index (κ3) is 4.47. The van der Waals surface area contributed by atoms with E-state index >= 15 is 0 Å². The van der Waals surface area contributed by atoms with E-state index < -0.39 is 29.6 Å². The number of ether oxygens (including phenoxy) is 1. The van der Waals surface area contributed by atoms with Gasteiger partial charge in [0.25, 0.3) is 0 Å². The zero-order chi connectivity index (χ0) is 27.1. The van der Waals surface area contributed by atoms with Gasteiger partial charge in [-0.05, 0) is 49.8 Å². The van der Waals surface area contributed by atoms with E-state index in [0.29, 0.717) is 5.69 Å². The summed E-state index contributed by atoms with van der Waals surface area (Å²) in [4.78, 5) is 44.8. The molecule has 204 valence electrons. The fourth-order valence-corrected chi connectivity index (χ4v) is 7.43. The zero-order valence-corrected chi connectivity index (χ0v) is 23.2. The van der Waals surface area contributed by atoms with Gasteiger partial charge in [0.15, 0.2) is 0 Å². The van der Waals surface area contributed by atoms with Crippen LogP contribution in [0.25, 0.3) is 0 Å². The summed E-state index contributed by atoms with van der Waals surface area (Å²) in [6, 6.07) is 16.3. The normalized spacial score (nSPS) is 30.3. The smallest absolute Gasteiger partial charge is 0.246 e. The van der Waals surface area contributed by atoms with Crippen LogP contribution in [0.3, 0.4) is 0 Å². The fourth-order valence-electron chi connectivity index (χ4n) is 6.97. The van der Waals surface area contributed by atoms with Crippen LogP contribution in [0.2, 0.25) is 0 Å². The van der Waals surface area contributed by atoms with Gasteiger partial charge in [-0.25, -0.2) is 0 Å². The number of thioether (sulfide) groups is 1. The monoisotopic (exact) mass is 545 g/mol. The van der Waals surface area contributed by atoms with Gasteiger partial charge in [-0.1, -0.05) is 67.8 Å². The summed E-state index contributed by atoms with van der Waals surface area (Å²) in [6.45, 7) is 1.95. The van der Waals surface area contributed by atoms with Crippen LogP contribution in [0.1, 0.15) is 50.6 Å². The van der Waals surface area contributed by atoms with Crippen LogP contribution in [0.5, 0.6) is 0 Å². The lowest BCUT2D eigenvalue weighted by atomic mass is 9.74. The number of rotatable bonds is 7. The third-order valence-electron chi connectivity index (χ3n) is 8.85. The lowest BCUT2D eigenvalue weighted by Gasteiger charge is -2.37. The minimum Gasteiger partial charge on any atom is -0.359 e. The van der Waals surface area contributed by atoms with Crippen molar-refractivity contribution in [1.29, 1.82) is 0 Å². The Bertz CT molecular complexity index is 1290. The first-order valence-electron chi connectivity index (χ1n) is 13.9. The fraction of sp³-hybridized carbons (Fsp3) is 0.452. The zero-order valence-electron chi connectivity index (χ0n) is 22.3. The van der Waals surface area contributed by atoms with E-state index in [-0.39, 0.29) is 29.8 Å². The van der Waals surface area contributed by atoms with E-state index in [4.69, 9.17) is 4.74 Å². The number of amides is 3. The largest absolute Gasteiger partial charge is 0.359 e. The SMILES string of the molecule is CSc1cccc(NC(=O)[C@H]2[C@H]3C=C[C@]4(O3)[C@H](C(=O)NC3CCCCC3)N([C@H](C)c3ccccc3)C(=O)[C@@H]24)c1. The van der Waals surface area contributed by atoms with Crippen LogP contribution in [0.4, 0.5) is 5.69 Å². The molecule has 1 aliphatic carbocycles. The second-order valence-corrected chi connectivity index (χ2v) is 12.0. The molecule has 0 unspecified atom stereocenters. The molecule has 3 amide bonds. The van der Waals surface area contributed by atoms with Crippen molar-refractivity contribution in [1.82, 2.24) is 10.2 Å². The molecule has 3 heterocycles. The van der Waals surface area contributed by atoms with E-state index in [9.17, 15) is 14.4 Å². The first-order valence-corrected chi connectivity index (χ1v) is 15.1. The van der Waals surface area contributed by atoms with Gasteiger partial charge >= 0.3 is 0 Å². The maximum atomic E-state index is 14.3. The Hall–Kier alpha value is -3.10. The Morgan fingerprint density at radius 2 is 1.82 bits per heavy atom. The van der Waals surface area contributed by atoms with Crippen LogP contribution in [0.15, 0.2) is 71.6 Å². The highest BCUT2D eigenvalue weighted by atomic mass is 32.2. The van der Waals surface area contributed by atoms with Crippen molar-refractivity contribution in [2.75, 3.05) is 11.6 Å². The molecule has 1 saturated carbocycles. The van der Waals surface area contributed by atoms with E-state index in [1.807, 2.05) is 79.9 Å². The molecule has 3 fully saturated rings. The molecule has 7 nitrogen and oxygen atoms in total. The summed E-state index contributed by atoms with van der Waals surface area (Å²) in [6.07, 6.45) is 10.4. The van der Waals surface area contributed by atoms with Crippen molar-refractivity contribution < 1.29 is 19.1 Å². The van der Waals surface area contributed by atoms with E-state index in [1.165, 1.54) is 6.42 Å². The highest BCUT2D eigenvalue weighted by molar-refractivity contribution is 7.98. The predicted molar refractivity (Wildman–Crippen MR) is 151 cm³/mol. The number of benzene rings is 2. The summed E-state index contributed by atoms with van der Waals surface area (Å²) < 4.78 is 6.51. The molecule has 2 aromatic rings. The Balaban J connectivity index is 1.34. The molecule has 2 aromatic carbocycles. The van der Waals surface area contributed by atoms with Crippen molar-refractivity contribution in [3.63, 3.8) is 0 Å². The minimum atomic E-state index is -1.17. The number of nitrogens with zero attached hydrogens (tertiary/aromatic N) is 1. The molecule has 39 heavy (non-hydrogen) atoms. The lowest BCUT2D eigenvalue weighted by Crippen LogP contribution is -2.56. The summed E-state index contributed by atoms with van der Waals surface area (Å²) in [5.41, 5.74) is 0.442. The van der Waals surface area contributed by atoms with Gasteiger partial charge in [0.05, 0.1) is 24.0 Å². The minimum absolute atomic E-state index is 0.0936. The molecule has 3 aliphatic heterocycles. The van der Waals surface area contributed by atoms with Crippen LogP contribution in [0, 0.1) is 11.8 Å². The highest BCUT2D eigenvalue weighted by Crippen LogP contribution is 2.56. The Morgan fingerprint density at radius 1 is 1.05 bits per heavy atom. The second kappa shape index (κ2) is 10.5. The highest BCUT2D eigenvalue weighted by Gasteiger charge is 2.73. The van der Waals surface area contributed by atoms with Gasteiger partial charge in [-0.15, -0.1) is 11.8 Å². The van der Waals surface area contributed by atoms with E-state index in [1.54, 1.807) is 16.7 Å². The maximum Gasteiger partial charge on any atom is 0.246 e. The molecule has 2 saturated heterocycles. The quantitative estimate of drug-likeness (QED) is 0.389. The standard InChI is InChI=1S/C31H35N3O4S/c1-19(20-10-5-3-6-11-20)34-27(29(36)32-21-12-7-4-8-13-21)31-17-16-24(38-31)25(26(31)30(34)37)28(35)33-22-14-9-15-23(18-22)39-2/h3,5-6,9-11,14-19,21,24-27H,4,7-8,12-13H2,1-2H3,(H,32,36)(H,33,35)/t19-,24-,25+,26-,27+,31-/m1/s1. The van der Waals surface area contributed by atoms with Crippen molar-refractivity contribution in [2.24, 2.45) is 11.8 Å². The van der Waals surface area contributed by atoms with Gasteiger partial charge in [-0.2, -0.15) is 0 Å². The third-order valence-corrected chi connectivity index (χ3v) is 9.58. The van der Waals surface area contributed by atoms with E-state index in [0.717, 1.165) is 36.1 Å². The number of carbonyl (C=O) groups excluding carboxylic acids is 3. The average molecular weight is 546 g/mol. The molecule has 6 rings (SSSR count). The Labute approximate surface area is 233 Å². The predicted octanol–water partition coefficient (Wildman–Crippen LogP) is 4.71. The second-order valence-electron chi connectivity index (χ2n) is 11.1. The van der Waals surface area contributed by atoms with Crippen molar-refractivity contribution in [3.8, 4) is 0 Å². The molecule has 2 bridgehead atoms. The van der Waals surface area contributed by atoms with Crippen LogP contribution in [-0.2, 0) is 19.1 Å². The molecule has 0 radical (unpaired) electrons. The van der Waals surface area contributed by atoms with Crippen molar-refractivity contribution in [3.05, 3.63) is 72.3 Å². The Kier molecular flexibility index (Phi) is 7.02. The summed E-state index contributed by atoms with van der Waals surface area (Å²) >= 11 is 1.60. The average Bonchev–Trinajstić information content (AvgIpc) is 3.61. The van der Waals surface area contributed by atoms with Crippen LogP contribution in [-0.4, -0.2) is 52.7 Å². The maximum absolute atomic E-state index is 14.3. The Morgan fingerprint density at radius 3 is 2.56 bits per heavy atom. The van der Waals surface area contributed by atoms with E-state index in [2.05, 4.69) is 10.6 Å². The molecule has 2 N–H and O–H groups in total. The first kappa shape index (κ1) is 26.1. The topological polar surface area (TPSA) is 87.7 Å². The number of hydrogen-bond acceptors (Lipinski definition) is 5. The molecule has 1 spiro atoms. The van der Waals surface area contributed by atoms with Gasteiger partial charge in [-0.3, -0.25) is 14.4 Å². The summed E-state index contributed by atoms with van der Waals surface area (Å²) in [5.74, 6) is -2.16. The number of nitrogens with one attached hydrogen (secondary N) is 2. The number of carbonyl (C=O) groups is 3. The van der Waals surface area contributed by atoms with Gasteiger partial charge < -0.3 is 20.3 Å². The molecular weight excluding hydrogens is 510 g/mol. The van der Waals surface area contributed by atoms with Crippen LogP contribution < -0.4 is 10.6 Å². The summed E-state index contributed by atoms with van der Waals surface area (Å²) in [7, 11) is 0. The van der Waals surface area contributed by atoms with Gasteiger partial charge in [0.1, 0.15) is 11.6 Å². The molecule has 0 aromatic heterocycles. The molecular formula is C31H35N3O4S. The van der Waals surface area contributed by atoms with Gasteiger partial charge in [0, 0.05) is 16.6 Å². The molecule has 6 atom stereocenters. The first-order chi connectivity index (χ1) is 18.9. The van der Waals surface area contributed by atoms with Crippen molar-refractivity contribution >= 4 is 35.2 Å². The van der Waals surface area contributed by atoms with Gasteiger partial charge in [0.2, 0.25) is 17.7 Å². The number of likely N-dealkylation sites (tertiary alicyclic amines) is 1.